The summed E-state index contributed by atoms with van der Waals surface area (Å²) in [5.41, 5.74) is 13.1. The SMILES string of the molecule is CCc1nc(C(C)c2nc(N)nc(N)n2)c(C)[nH]1. The lowest BCUT2D eigenvalue weighted by Gasteiger charge is -2.09. The standard InChI is InChI=1S/C11H17N7/c1-4-7-14-6(3)8(15-7)5(2)9-16-10(12)18-11(13)17-9/h5H,4H2,1-3H3,(H,14,15)(H4,12,13,16,17,18). The third-order valence-electron chi connectivity index (χ3n) is 2.79. The van der Waals surface area contributed by atoms with Crippen LogP contribution in [0.2, 0.25) is 0 Å². The summed E-state index contributed by atoms with van der Waals surface area (Å²) in [5, 5.41) is 0. The summed E-state index contributed by atoms with van der Waals surface area (Å²) in [7, 11) is 0. The highest BCUT2D eigenvalue weighted by Gasteiger charge is 2.19. The normalized spacial score (nSPS) is 12.6. The molecule has 96 valence electrons. The number of aryl methyl sites for hydroxylation is 2. The molecule has 5 N–H and O–H groups in total. The molecular formula is C11H17N7. The molecule has 1 unspecified atom stereocenters. The first-order valence-electron chi connectivity index (χ1n) is 5.83. The second-order valence-corrected chi connectivity index (χ2v) is 4.18. The van der Waals surface area contributed by atoms with Crippen LogP contribution in [0.1, 0.15) is 42.8 Å². The highest BCUT2D eigenvalue weighted by atomic mass is 15.1. The molecule has 0 amide bonds. The maximum absolute atomic E-state index is 5.57. The Morgan fingerprint density at radius 2 is 1.72 bits per heavy atom. The molecule has 2 heterocycles. The minimum absolute atomic E-state index is 0.0749. The number of rotatable bonds is 3. The highest BCUT2D eigenvalue weighted by molar-refractivity contribution is 5.30. The second-order valence-electron chi connectivity index (χ2n) is 4.18. The third kappa shape index (κ3) is 2.24. The summed E-state index contributed by atoms with van der Waals surface area (Å²) in [6, 6.07) is 0. The summed E-state index contributed by atoms with van der Waals surface area (Å²) >= 11 is 0. The molecule has 0 saturated heterocycles. The van der Waals surface area contributed by atoms with Gasteiger partial charge in [0.05, 0.1) is 11.6 Å². The van der Waals surface area contributed by atoms with E-state index in [1.165, 1.54) is 0 Å². The molecule has 7 heteroatoms. The number of imidazole rings is 1. The van der Waals surface area contributed by atoms with Gasteiger partial charge in [0, 0.05) is 12.1 Å². The van der Waals surface area contributed by atoms with Gasteiger partial charge in [-0.25, -0.2) is 4.98 Å². The number of hydrogen-bond acceptors (Lipinski definition) is 6. The number of aromatic amines is 1. The van der Waals surface area contributed by atoms with Gasteiger partial charge < -0.3 is 16.5 Å². The van der Waals surface area contributed by atoms with E-state index < -0.39 is 0 Å². The molecule has 0 fully saturated rings. The van der Waals surface area contributed by atoms with Crippen molar-refractivity contribution in [1.29, 1.82) is 0 Å². The summed E-state index contributed by atoms with van der Waals surface area (Å²) in [5.74, 6) is 1.68. The Balaban J connectivity index is 2.40. The smallest absolute Gasteiger partial charge is 0.225 e. The molecule has 2 aromatic heterocycles. The van der Waals surface area contributed by atoms with Crippen molar-refractivity contribution in [2.45, 2.75) is 33.1 Å². The van der Waals surface area contributed by atoms with Crippen LogP contribution in [0.15, 0.2) is 0 Å². The van der Waals surface area contributed by atoms with Crippen molar-refractivity contribution in [1.82, 2.24) is 24.9 Å². The number of anilines is 2. The summed E-state index contributed by atoms with van der Waals surface area (Å²) in [6.45, 7) is 5.99. The number of nitrogens with one attached hydrogen (secondary N) is 1. The van der Waals surface area contributed by atoms with Gasteiger partial charge in [0.25, 0.3) is 0 Å². The summed E-state index contributed by atoms with van der Waals surface area (Å²) in [6.07, 6.45) is 0.856. The highest BCUT2D eigenvalue weighted by Crippen LogP contribution is 2.23. The average molecular weight is 247 g/mol. The van der Waals surface area contributed by atoms with Gasteiger partial charge in [0.15, 0.2) is 0 Å². The van der Waals surface area contributed by atoms with Crippen LogP contribution < -0.4 is 11.5 Å². The molecule has 2 aromatic rings. The maximum Gasteiger partial charge on any atom is 0.225 e. The van der Waals surface area contributed by atoms with Crippen LogP contribution in [0.4, 0.5) is 11.9 Å². The fraction of sp³-hybridized carbons (Fsp3) is 0.455. The van der Waals surface area contributed by atoms with Crippen LogP contribution in [-0.4, -0.2) is 24.9 Å². The molecule has 0 aromatic carbocycles. The van der Waals surface area contributed by atoms with E-state index >= 15 is 0 Å². The predicted octanol–water partition coefficient (Wildman–Crippen LogP) is 0.782. The van der Waals surface area contributed by atoms with Gasteiger partial charge in [-0.3, -0.25) is 0 Å². The molecule has 0 saturated carbocycles. The monoisotopic (exact) mass is 247 g/mol. The number of aromatic nitrogens is 5. The molecule has 0 aliphatic heterocycles. The second kappa shape index (κ2) is 4.59. The van der Waals surface area contributed by atoms with Crippen molar-refractivity contribution < 1.29 is 0 Å². The Labute approximate surface area is 105 Å². The van der Waals surface area contributed by atoms with Gasteiger partial charge in [-0.05, 0) is 13.8 Å². The summed E-state index contributed by atoms with van der Waals surface area (Å²) in [4.78, 5) is 19.7. The van der Waals surface area contributed by atoms with Gasteiger partial charge in [-0.2, -0.15) is 15.0 Å². The first-order chi connectivity index (χ1) is 8.51. The fourth-order valence-electron chi connectivity index (χ4n) is 1.87. The van der Waals surface area contributed by atoms with E-state index in [0.717, 1.165) is 23.6 Å². The largest absolute Gasteiger partial charge is 0.368 e. The van der Waals surface area contributed by atoms with Crippen LogP contribution >= 0.6 is 0 Å². The lowest BCUT2D eigenvalue weighted by Crippen LogP contribution is -2.10. The quantitative estimate of drug-likeness (QED) is 0.737. The number of H-pyrrole nitrogens is 1. The van der Waals surface area contributed by atoms with Gasteiger partial charge >= 0.3 is 0 Å². The molecule has 0 bridgehead atoms. The van der Waals surface area contributed by atoms with Crippen molar-refractivity contribution >= 4 is 11.9 Å². The number of nitrogens with two attached hydrogens (primary N) is 2. The van der Waals surface area contributed by atoms with Crippen LogP contribution in [0, 0.1) is 6.92 Å². The molecule has 18 heavy (non-hydrogen) atoms. The first kappa shape index (κ1) is 12.3. The zero-order chi connectivity index (χ0) is 13.3. The summed E-state index contributed by atoms with van der Waals surface area (Å²) < 4.78 is 0. The fourth-order valence-corrected chi connectivity index (χ4v) is 1.87. The van der Waals surface area contributed by atoms with E-state index in [1.807, 2.05) is 20.8 Å². The Morgan fingerprint density at radius 3 is 2.22 bits per heavy atom. The van der Waals surface area contributed by atoms with E-state index in [2.05, 4.69) is 24.9 Å². The zero-order valence-electron chi connectivity index (χ0n) is 10.7. The Hall–Kier alpha value is -2.18. The molecule has 0 aliphatic carbocycles. The average Bonchev–Trinajstić information content (AvgIpc) is 2.68. The zero-order valence-corrected chi connectivity index (χ0v) is 10.7. The van der Waals surface area contributed by atoms with Crippen molar-refractivity contribution in [2.75, 3.05) is 11.5 Å². The third-order valence-corrected chi connectivity index (χ3v) is 2.79. The number of nitrogens with zero attached hydrogens (tertiary/aromatic N) is 4. The van der Waals surface area contributed by atoms with Crippen LogP contribution in [0.25, 0.3) is 0 Å². The molecular weight excluding hydrogens is 230 g/mol. The molecule has 7 nitrogen and oxygen atoms in total. The number of hydrogen-bond donors (Lipinski definition) is 3. The molecule has 1 atom stereocenters. The Morgan fingerprint density at radius 1 is 1.11 bits per heavy atom. The van der Waals surface area contributed by atoms with Crippen LogP contribution in [0.5, 0.6) is 0 Å². The van der Waals surface area contributed by atoms with Crippen LogP contribution in [0.3, 0.4) is 0 Å². The van der Waals surface area contributed by atoms with Gasteiger partial charge in [0.1, 0.15) is 11.6 Å². The minimum Gasteiger partial charge on any atom is -0.368 e. The van der Waals surface area contributed by atoms with Gasteiger partial charge in [0.2, 0.25) is 11.9 Å². The Bertz CT molecular complexity index is 540. The van der Waals surface area contributed by atoms with Crippen molar-refractivity contribution in [3.63, 3.8) is 0 Å². The van der Waals surface area contributed by atoms with Crippen LogP contribution in [-0.2, 0) is 6.42 Å². The van der Waals surface area contributed by atoms with Gasteiger partial charge in [-0.1, -0.05) is 6.92 Å². The van der Waals surface area contributed by atoms with E-state index in [4.69, 9.17) is 11.5 Å². The van der Waals surface area contributed by atoms with Crippen molar-refractivity contribution in [3.05, 3.63) is 23.0 Å². The molecule has 0 radical (unpaired) electrons. The number of nitrogen functional groups attached to an aromatic ring is 2. The lowest BCUT2D eigenvalue weighted by molar-refractivity contribution is 0.776. The van der Waals surface area contributed by atoms with E-state index in [1.54, 1.807) is 0 Å². The topological polar surface area (TPSA) is 119 Å². The molecule has 0 spiro atoms. The molecule has 2 rings (SSSR count). The van der Waals surface area contributed by atoms with E-state index in [-0.39, 0.29) is 17.8 Å². The van der Waals surface area contributed by atoms with E-state index in [9.17, 15) is 0 Å². The lowest BCUT2D eigenvalue weighted by atomic mass is 10.1. The predicted molar refractivity (Wildman–Crippen MR) is 68.9 cm³/mol. The first-order valence-corrected chi connectivity index (χ1v) is 5.83. The molecule has 0 aliphatic rings. The van der Waals surface area contributed by atoms with Gasteiger partial charge in [-0.15, -0.1) is 0 Å². The van der Waals surface area contributed by atoms with Crippen molar-refractivity contribution in [3.8, 4) is 0 Å². The van der Waals surface area contributed by atoms with Crippen molar-refractivity contribution in [2.24, 2.45) is 0 Å². The maximum atomic E-state index is 5.57. The minimum atomic E-state index is -0.0749. The van der Waals surface area contributed by atoms with E-state index in [0.29, 0.717) is 5.82 Å². The Kier molecular flexibility index (Phi) is 3.14.